The van der Waals surface area contributed by atoms with Crippen molar-refractivity contribution in [1.82, 2.24) is 10.6 Å². The molecule has 0 saturated carbocycles. The SMILES string of the molecule is CCCCCNCCOCCOCCOCCNCCCCC.O=S(=O)([O-])[O-].[Mg+2]. The van der Waals surface area contributed by atoms with Gasteiger partial charge in [0.05, 0.1) is 39.6 Å². The zero-order chi connectivity index (χ0) is 21.3. The van der Waals surface area contributed by atoms with E-state index in [0.29, 0.717) is 26.4 Å². The van der Waals surface area contributed by atoms with Crippen LogP contribution in [0.4, 0.5) is 0 Å². The molecule has 0 saturated heterocycles. The maximum atomic E-state index is 8.52. The van der Waals surface area contributed by atoms with Crippen LogP contribution < -0.4 is 10.6 Å². The summed E-state index contributed by atoms with van der Waals surface area (Å²) in [5, 5.41) is 6.75. The molecule has 0 aliphatic heterocycles. The quantitative estimate of drug-likeness (QED) is 0.119. The standard InChI is InChI=1S/C18H40N2O3.Mg.H2O4S/c1-3-5-7-9-19-11-13-21-15-17-23-18-16-22-14-12-20-10-8-6-4-2;;1-5(2,3)4/h19-20H,3-18H2,1-2H3;;(H2,1,2,3,4)/q;+2;/p-2. The number of nitrogens with one attached hydrogen (secondary N) is 2. The molecule has 0 aromatic rings. The average molecular weight is 453 g/mol. The van der Waals surface area contributed by atoms with Gasteiger partial charge in [0.15, 0.2) is 0 Å². The van der Waals surface area contributed by atoms with Crippen LogP contribution >= 0.6 is 0 Å². The number of hydrogen-bond donors (Lipinski definition) is 2. The Labute approximate surface area is 193 Å². The summed E-state index contributed by atoms with van der Waals surface area (Å²) in [5.41, 5.74) is 0. The minimum atomic E-state index is -5.17. The van der Waals surface area contributed by atoms with Crippen molar-refractivity contribution in [3.63, 3.8) is 0 Å². The van der Waals surface area contributed by atoms with E-state index in [1.54, 1.807) is 0 Å². The summed E-state index contributed by atoms with van der Waals surface area (Å²) in [6.45, 7) is 12.6. The molecule has 0 fully saturated rings. The van der Waals surface area contributed by atoms with Gasteiger partial charge in [0, 0.05) is 23.5 Å². The van der Waals surface area contributed by atoms with Crippen LogP contribution in [0.15, 0.2) is 0 Å². The number of ether oxygens (including phenoxy) is 3. The summed E-state index contributed by atoms with van der Waals surface area (Å²) >= 11 is 0. The maximum Gasteiger partial charge on any atom is 2.00 e. The van der Waals surface area contributed by atoms with Crippen LogP contribution in [0.2, 0.25) is 0 Å². The largest absolute Gasteiger partial charge is 2.00 e. The van der Waals surface area contributed by atoms with E-state index in [0.717, 1.165) is 39.4 Å². The maximum absolute atomic E-state index is 8.52. The second kappa shape index (κ2) is 28.4. The van der Waals surface area contributed by atoms with Crippen molar-refractivity contribution in [2.24, 2.45) is 0 Å². The Hall–Kier alpha value is 0.436. The van der Waals surface area contributed by atoms with Gasteiger partial charge >= 0.3 is 23.1 Å². The van der Waals surface area contributed by atoms with E-state index in [4.69, 9.17) is 31.7 Å². The summed E-state index contributed by atoms with van der Waals surface area (Å²) in [7, 11) is -5.17. The minimum absolute atomic E-state index is 0. The molecule has 0 aromatic carbocycles. The zero-order valence-corrected chi connectivity index (χ0v) is 20.5. The van der Waals surface area contributed by atoms with Gasteiger partial charge in [0.1, 0.15) is 0 Å². The Morgan fingerprint density at radius 1 is 0.621 bits per heavy atom. The van der Waals surface area contributed by atoms with Crippen LogP contribution in [0, 0.1) is 0 Å². The van der Waals surface area contributed by atoms with E-state index in [1.807, 2.05) is 0 Å². The number of unbranched alkanes of at least 4 members (excludes halogenated alkanes) is 4. The predicted octanol–water partition coefficient (Wildman–Crippen LogP) is 0.877. The van der Waals surface area contributed by atoms with E-state index in [2.05, 4.69) is 24.5 Å². The summed E-state index contributed by atoms with van der Waals surface area (Å²) < 4.78 is 50.5. The van der Waals surface area contributed by atoms with Crippen molar-refractivity contribution >= 4 is 33.5 Å². The average Bonchev–Trinajstić information content (AvgIpc) is 2.62. The summed E-state index contributed by atoms with van der Waals surface area (Å²) in [4.78, 5) is 0. The third kappa shape index (κ3) is 47.6. The first-order valence-electron chi connectivity index (χ1n) is 10.2. The van der Waals surface area contributed by atoms with Gasteiger partial charge in [-0.3, -0.25) is 8.42 Å². The molecule has 0 unspecified atom stereocenters. The topological polar surface area (TPSA) is 132 Å². The minimum Gasteiger partial charge on any atom is -0.759 e. The first kappa shape index (κ1) is 34.1. The number of rotatable bonds is 20. The van der Waals surface area contributed by atoms with Crippen LogP contribution in [0.25, 0.3) is 0 Å². The predicted molar refractivity (Wildman–Crippen MR) is 113 cm³/mol. The van der Waals surface area contributed by atoms with Crippen LogP contribution in [0.3, 0.4) is 0 Å². The molecule has 0 rings (SSSR count). The van der Waals surface area contributed by atoms with Gasteiger partial charge in [-0.25, -0.2) is 0 Å². The molecule has 0 heterocycles. The fourth-order valence-corrected chi connectivity index (χ4v) is 2.08. The van der Waals surface area contributed by atoms with Gasteiger partial charge in [-0.2, -0.15) is 0 Å². The van der Waals surface area contributed by atoms with Gasteiger partial charge in [-0.1, -0.05) is 39.5 Å². The molecule has 29 heavy (non-hydrogen) atoms. The molecule has 0 aromatic heterocycles. The molecule has 0 aliphatic carbocycles. The number of hydrogen-bond acceptors (Lipinski definition) is 9. The second-order valence-corrected chi connectivity index (χ2v) is 6.98. The van der Waals surface area contributed by atoms with Gasteiger partial charge in [0.25, 0.3) is 0 Å². The van der Waals surface area contributed by atoms with Gasteiger partial charge in [-0.05, 0) is 25.9 Å². The van der Waals surface area contributed by atoms with Crippen molar-refractivity contribution in [1.29, 1.82) is 0 Å². The van der Waals surface area contributed by atoms with E-state index in [9.17, 15) is 0 Å². The van der Waals surface area contributed by atoms with E-state index in [1.165, 1.54) is 38.5 Å². The van der Waals surface area contributed by atoms with Crippen molar-refractivity contribution < 1.29 is 31.7 Å². The fourth-order valence-electron chi connectivity index (χ4n) is 2.08. The first-order valence-corrected chi connectivity index (χ1v) is 11.6. The molecule has 0 bridgehead atoms. The van der Waals surface area contributed by atoms with Crippen LogP contribution in [-0.2, 0) is 24.6 Å². The Kier molecular flexibility index (Phi) is 33.4. The van der Waals surface area contributed by atoms with Crippen LogP contribution in [0.5, 0.6) is 0 Å². The Balaban J connectivity index is -0.000000997. The van der Waals surface area contributed by atoms with Gasteiger partial charge in [0.2, 0.25) is 0 Å². The summed E-state index contributed by atoms with van der Waals surface area (Å²) in [6, 6.07) is 0. The zero-order valence-electron chi connectivity index (χ0n) is 18.3. The molecule has 0 aliphatic rings. The molecule has 172 valence electrons. The Bertz CT molecular complexity index is 362. The molecule has 0 radical (unpaired) electrons. The monoisotopic (exact) mass is 452 g/mol. The smallest absolute Gasteiger partial charge is 0.759 e. The van der Waals surface area contributed by atoms with Gasteiger partial charge in [-0.15, -0.1) is 0 Å². The summed E-state index contributed by atoms with van der Waals surface area (Å²) in [6.07, 6.45) is 7.67. The van der Waals surface area contributed by atoms with Crippen LogP contribution in [-0.4, -0.2) is 106 Å². The normalized spacial score (nSPS) is 10.9. The van der Waals surface area contributed by atoms with Crippen molar-refractivity contribution in [2.45, 2.75) is 52.4 Å². The third-order valence-electron chi connectivity index (χ3n) is 3.50. The summed E-state index contributed by atoms with van der Waals surface area (Å²) in [5.74, 6) is 0. The first-order chi connectivity index (χ1) is 13.4. The van der Waals surface area contributed by atoms with E-state index < -0.39 is 10.4 Å². The van der Waals surface area contributed by atoms with Crippen molar-refractivity contribution in [2.75, 3.05) is 65.8 Å². The molecule has 0 atom stereocenters. The molecule has 11 heteroatoms. The van der Waals surface area contributed by atoms with E-state index in [-0.39, 0.29) is 23.1 Å². The molecular formula is C18H40MgN2O7S. The molecule has 2 N–H and O–H groups in total. The fraction of sp³-hybridized carbons (Fsp3) is 1.00. The molecule has 0 amide bonds. The van der Waals surface area contributed by atoms with Gasteiger partial charge < -0.3 is 33.9 Å². The van der Waals surface area contributed by atoms with Crippen molar-refractivity contribution in [3.8, 4) is 0 Å². The molecule has 9 nitrogen and oxygen atoms in total. The van der Waals surface area contributed by atoms with Crippen LogP contribution in [0.1, 0.15) is 52.4 Å². The molecular weight excluding hydrogens is 413 g/mol. The van der Waals surface area contributed by atoms with Crippen molar-refractivity contribution in [3.05, 3.63) is 0 Å². The second-order valence-electron chi connectivity index (χ2n) is 6.16. The Morgan fingerprint density at radius 3 is 1.24 bits per heavy atom. The third-order valence-corrected chi connectivity index (χ3v) is 3.50. The Morgan fingerprint density at radius 2 is 0.931 bits per heavy atom. The van der Waals surface area contributed by atoms with E-state index >= 15 is 0 Å². The molecule has 0 spiro atoms.